The molecule has 1 amide bonds. The smallest absolute Gasteiger partial charge is 0.337 e. The van der Waals surface area contributed by atoms with Crippen LogP contribution in [0, 0.1) is 0 Å². The molecule has 0 radical (unpaired) electrons. The first kappa shape index (κ1) is 22.0. The number of hydrogen-bond donors (Lipinski definition) is 0. The summed E-state index contributed by atoms with van der Waals surface area (Å²) >= 11 is 0. The van der Waals surface area contributed by atoms with E-state index in [9.17, 15) is 18.0 Å². The molecule has 2 aromatic heterocycles. The largest absolute Gasteiger partial charge is 0.416 e. The summed E-state index contributed by atoms with van der Waals surface area (Å²) in [5.41, 5.74) is 2.15. The summed E-state index contributed by atoms with van der Waals surface area (Å²) in [6.07, 6.45) is 1.38. The van der Waals surface area contributed by atoms with Gasteiger partial charge in [0, 0.05) is 43.6 Å². The van der Waals surface area contributed by atoms with Crippen LogP contribution >= 0.6 is 0 Å². The van der Waals surface area contributed by atoms with Crippen molar-refractivity contribution < 1.29 is 18.0 Å². The minimum absolute atomic E-state index is 0.0666. The van der Waals surface area contributed by atoms with Gasteiger partial charge in [-0.15, -0.1) is 0 Å². The molecule has 1 aliphatic heterocycles. The van der Waals surface area contributed by atoms with Gasteiger partial charge in [-0.2, -0.15) is 18.3 Å². The molecule has 0 spiro atoms. The SMILES string of the molecule is CCn1ccc(C(=O)N2CCC[C@@H](c3ccc(Cc4cccc(C(F)(F)F)c4)cn3)C2)n1. The molecule has 0 bridgehead atoms. The zero-order chi connectivity index (χ0) is 22.7. The summed E-state index contributed by atoms with van der Waals surface area (Å²) in [5, 5.41) is 4.31. The quantitative estimate of drug-likeness (QED) is 0.563. The molecule has 0 saturated carbocycles. The van der Waals surface area contributed by atoms with Crippen molar-refractivity contribution in [2.45, 2.75) is 44.8 Å². The molecule has 0 aliphatic carbocycles. The van der Waals surface area contributed by atoms with Crippen molar-refractivity contribution in [3.05, 3.63) is 82.9 Å². The van der Waals surface area contributed by atoms with Gasteiger partial charge < -0.3 is 4.90 Å². The van der Waals surface area contributed by atoms with Crippen LogP contribution < -0.4 is 0 Å². The fourth-order valence-corrected chi connectivity index (χ4v) is 4.09. The number of pyridine rings is 1. The lowest BCUT2D eigenvalue weighted by Crippen LogP contribution is -2.39. The molecular weight excluding hydrogens is 417 g/mol. The molecule has 3 heterocycles. The molecular formula is C24H25F3N4O. The average molecular weight is 442 g/mol. The van der Waals surface area contributed by atoms with Gasteiger partial charge >= 0.3 is 6.18 Å². The van der Waals surface area contributed by atoms with Gasteiger partial charge in [-0.1, -0.05) is 24.3 Å². The molecule has 168 valence electrons. The second kappa shape index (κ2) is 9.14. The van der Waals surface area contributed by atoms with Crippen molar-refractivity contribution >= 4 is 5.91 Å². The summed E-state index contributed by atoms with van der Waals surface area (Å²) in [6.45, 7) is 3.97. The first-order valence-corrected chi connectivity index (χ1v) is 10.8. The predicted molar refractivity (Wildman–Crippen MR) is 114 cm³/mol. The number of carbonyl (C=O) groups is 1. The van der Waals surface area contributed by atoms with E-state index in [4.69, 9.17) is 0 Å². The van der Waals surface area contributed by atoms with E-state index in [0.717, 1.165) is 30.2 Å². The van der Waals surface area contributed by atoms with Crippen LogP contribution in [0.1, 0.15) is 58.6 Å². The Kier molecular flexibility index (Phi) is 6.30. The number of aromatic nitrogens is 3. The van der Waals surface area contributed by atoms with Crippen molar-refractivity contribution in [3.8, 4) is 0 Å². The van der Waals surface area contributed by atoms with Crippen molar-refractivity contribution in [3.63, 3.8) is 0 Å². The zero-order valence-electron chi connectivity index (χ0n) is 17.8. The van der Waals surface area contributed by atoms with Crippen molar-refractivity contribution in [1.29, 1.82) is 0 Å². The Labute approximate surface area is 184 Å². The first-order chi connectivity index (χ1) is 15.3. The third kappa shape index (κ3) is 5.00. The second-order valence-corrected chi connectivity index (χ2v) is 8.11. The van der Waals surface area contributed by atoms with Crippen LogP contribution in [-0.4, -0.2) is 38.7 Å². The highest BCUT2D eigenvalue weighted by Crippen LogP contribution is 2.30. The topological polar surface area (TPSA) is 51.0 Å². The Morgan fingerprint density at radius 3 is 2.69 bits per heavy atom. The number of aryl methyl sites for hydroxylation is 1. The predicted octanol–water partition coefficient (Wildman–Crippen LogP) is 4.93. The number of likely N-dealkylation sites (tertiary alicyclic amines) is 1. The highest BCUT2D eigenvalue weighted by molar-refractivity contribution is 5.92. The van der Waals surface area contributed by atoms with E-state index in [1.165, 1.54) is 12.1 Å². The van der Waals surface area contributed by atoms with E-state index < -0.39 is 11.7 Å². The normalized spacial score (nSPS) is 16.9. The Morgan fingerprint density at radius 2 is 2.00 bits per heavy atom. The molecule has 1 aliphatic rings. The molecule has 0 N–H and O–H groups in total. The average Bonchev–Trinajstić information content (AvgIpc) is 3.28. The fourth-order valence-electron chi connectivity index (χ4n) is 4.09. The maximum absolute atomic E-state index is 12.9. The van der Waals surface area contributed by atoms with Crippen LogP contribution in [0.2, 0.25) is 0 Å². The van der Waals surface area contributed by atoms with Crippen LogP contribution in [0.25, 0.3) is 0 Å². The molecule has 1 aromatic carbocycles. The third-order valence-corrected chi connectivity index (χ3v) is 5.82. The van der Waals surface area contributed by atoms with Crippen molar-refractivity contribution in [2.24, 2.45) is 0 Å². The van der Waals surface area contributed by atoms with Gasteiger partial charge in [0.25, 0.3) is 5.91 Å². The van der Waals surface area contributed by atoms with Crippen molar-refractivity contribution in [2.75, 3.05) is 13.1 Å². The molecule has 32 heavy (non-hydrogen) atoms. The number of rotatable bonds is 5. The summed E-state index contributed by atoms with van der Waals surface area (Å²) in [5.74, 6) is 0.0617. The standard InChI is InChI=1S/C24H25F3N4O/c1-2-31-12-10-22(29-31)23(32)30-11-4-6-19(16-30)21-9-8-18(15-28-21)13-17-5-3-7-20(14-17)24(25,26)27/h3,5,7-10,12,14-15,19H,2,4,6,11,13,16H2,1H3/t19-/m1/s1. The third-order valence-electron chi connectivity index (χ3n) is 5.82. The highest BCUT2D eigenvalue weighted by Gasteiger charge is 2.30. The zero-order valence-corrected chi connectivity index (χ0v) is 17.8. The molecule has 0 unspecified atom stereocenters. The molecule has 1 atom stereocenters. The number of benzene rings is 1. The minimum Gasteiger partial charge on any atom is -0.337 e. The summed E-state index contributed by atoms with van der Waals surface area (Å²) in [7, 11) is 0. The lowest BCUT2D eigenvalue weighted by molar-refractivity contribution is -0.137. The number of alkyl halides is 3. The maximum Gasteiger partial charge on any atom is 0.416 e. The molecule has 3 aromatic rings. The van der Waals surface area contributed by atoms with Crippen LogP contribution in [0.5, 0.6) is 0 Å². The van der Waals surface area contributed by atoms with Gasteiger partial charge in [0.1, 0.15) is 5.69 Å². The highest BCUT2D eigenvalue weighted by atomic mass is 19.4. The first-order valence-electron chi connectivity index (χ1n) is 10.8. The van der Waals surface area contributed by atoms with Gasteiger partial charge in [-0.05, 0) is 55.5 Å². The van der Waals surface area contributed by atoms with E-state index >= 15 is 0 Å². The van der Waals surface area contributed by atoms with Crippen LogP contribution in [0.4, 0.5) is 13.2 Å². The van der Waals surface area contributed by atoms with Gasteiger partial charge in [0.15, 0.2) is 0 Å². The van der Waals surface area contributed by atoms with Crippen molar-refractivity contribution in [1.82, 2.24) is 19.7 Å². The molecule has 5 nitrogen and oxygen atoms in total. The van der Waals surface area contributed by atoms with E-state index in [1.54, 1.807) is 29.2 Å². The summed E-state index contributed by atoms with van der Waals surface area (Å²) in [4.78, 5) is 19.2. The van der Waals surface area contributed by atoms with E-state index in [1.807, 2.05) is 24.0 Å². The van der Waals surface area contributed by atoms with E-state index in [-0.39, 0.29) is 11.8 Å². The van der Waals surface area contributed by atoms with Gasteiger partial charge in [-0.3, -0.25) is 14.5 Å². The number of hydrogen-bond acceptors (Lipinski definition) is 3. The lowest BCUT2D eigenvalue weighted by atomic mass is 9.93. The second-order valence-electron chi connectivity index (χ2n) is 8.11. The number of amides is 1. The number of nitrogens with zero attached hydrogens (tertiary/aromatic N) is 4. The van der Waals surface area contributed by atoms with Gasteiger partial charge in [0.2, 0.25) is 0 Å². The molecule has 8 heteroatoms. The van der Waals surface area contributed by atoms with Gasteiger partial charge in [-0.25, -0.2) is 0 Å². The number of carbonyl (C=O) groups excluding carboxylic acids is 1. The Balaban J connectivity index is 1.42. The Morgan fingerprint density at radius 1 is 1.16 bits per heavy atom. The van der Waals surface area contributed by atoms with Crippen LogP contribution in [-0.2, 0) is 19.1 Å². The Bertz CT molecular complexity index is 1080. The van der Waals surface area contributed by atoms with Gasteiger partial charge in [0.05, 0.1) is 5.56 Å². The van der Waals surface area contributed by atoms with E-state index in [0.29, 0.717) is 37.3 Å². The summed E-state index contributed by atoms with van der Waals surface area (Å²) < 4.78 is 40.5. The Hall–Kier alpha value is -3.16. The monoisotopic (exact) mass is 442 g/mol. The number of halogens is 3. The van der Waals surface area contributed by atoms with E-state index in [2.05, 4.69) is 10.1 Å². The molecule has 1 fully saturated rings. The summed E-state index contributed by atoms with van der Waals surface area (Å²) in [6, 6.07) is 11.0. The lowest BCUT2D eigenvalue weighted by Gasteiger charge is -2.32. The minimum atomic E-state index is -4.35. The molecule has 4 rings (SSSR count). The van der Waals surface area contributed by atoms with Crippen LogP contribution in [0.15, 0.2) is 54.9 Å². The molecule has 1 saturated heterocycles. The fraction of sp³-hybridized carbons (Fsp3) is 0.375. The number of piperidine rings is 1. The maximum atomic E-state index is 12.9. The van der Waals surface area contributed by atoms with Crippen LogP contribution in [0.3, 0.4) is 0 Å².